The van der Waals surface area contributed by atoms with E-state index in [0.29, 0.717) is 13.2 Å². The molecule has 1 aromatic carbocycles. The van der Waals surface area contributed by atoms with Crippen LogP contribution in [0, 0.1) is 0 Å². The van der Waals surface area contributed by atoms with Crippen molar-refractivity contribution in [1.82, 2.24) is 4.90 Å². The number of Topliss-reactive ketones (excluding diaryl/α,β-unsaturated/α-hetero) is 1. The zero-order valence-electron chi connectivity index (χ0n) is 12.5. The average Bonchev–Trinajstić information content (AvgIpc) is 2.91. The lowest BCUT2D eigenvalue weighted by atomic mass is 10.0. The normalized spacial score (nSPS) is 15.0. The lowest BCUT2D eigenvalue weighted by Crippen LogP contribution is -2.39. The minimum Gasteiger partial charge on any atom is -0.493 e. The molecule has 110 valence electrons. The minimum absolute atomic E-state index is 0.157. The van der Waals surface area contributed by atoms with Crippen LogP contribution in [0.3, 0.4) is 0 Å². The number of likely N-dealkylation sites (N-methyl/N-ethyl adjacent to an activating group) is 1. The highest BCUT2D eigenvalue weighted by molar-refractivity contribution is 5.98. The second-order valence-corrected chi connectivity index (χ2v) is 5.21. The van der Waals surface area contributed by atoms with Gasteiger partial charge in [0.1, 0.15) is 5.75 Å². The first-order valence-corrected chi connectivity index (χ1v) is 7.17. The van der Waals surface area contributed by atoms with Crippen LogP contribution in [0.15, 0.2) is 18.2 Å². The highest BCUT2D eigenvalue weighted by Gasteiger charge is 2.19. The van der Waals surface area contributed by atoms with Crippen LogP contribution < -0.4 is 4.74 Å². The van der Waals surface area contributed by atoms with Gasteiger partial charge in [0.2, 0.25) is 0 Å². The SMILES string of the molecule is CCN(CC(=O)c1ccc2c(c1)CCO2)C(C)COC. The Labute approximate surface area is 120 Å². The molecule has 4 nitrogen and oxygen atoms in total. The number of ketones is 1. The van der Waals surface area contributed by atoms with Crippen molar-refractivity contribution in [3.05, 3.63) is 29.3 Å². The van der Waals surface area contributed by atoms with Crippen LogP contribution in [0.2, 0.25) is 0 Å². The summed E-state index contributed by atoms with van der Waals surface area (Å²) in [7, 11) is 1.69. The van der Waals surface area contributed by atoms with E-state index in [1.165, 1.54) is 0 Å². The highest BCUT2D eigenvalue weighted by atomic mass is 16.5. The maximum atomic E-state index is 12.4. The van der Waals surface area contributed by atoms with Crippen LogP contribution in [-0.4, -0.2) is 50.1 Å². The van der Waals surface area contributed by atoms with E-state index in [9.17, 15) is 4.79 Å². The fraction of sp³-hybridized carbons (Fsp3) is 0.562. The zero-order chi connectivity index (χ0) is 14.5. The number of carbonyl (C=O) groups excluding carboxylic acids is 1. The fourth-order valence-corrected chi connectivity index (χ4v) is 2.56. The Kier molecular flexibility index (Phi) is 5.15. The smallest absolute Gasteiger partial charge is 0.176 e. The van der Waals surface area contributed by atoms with Crippen LogP contribution in [0.1, 0.15) is 29.8 Å². The summed E-state index contributed by atoms with van der Waals surface area (Å²) < 4.78 is 10.6. The van der Waals surface area contributed by atoms with Crippen LogP contribution >= 0.6 is 0 Å². The first-order chi connectivity index (χ1) is 9.65. The number of hydrogen-bond donors (Lipinski definition) is 0. The number of ether oxygens (including phenoxy) is 2. The number of rotatable bonds is 7. The standard InChI is InChI=1S/C16H23NO3/c1-4-17(12(2)11-19-3)10-15(18)13-5-6-16-14(9-13)7-8-20-16/h5-6,9,12H,4,7-8,10-11H2,1-3H3. The van der Waals surface area contributed by atoms with Gasteiger partial charge in [-0.25, -0.2) is 0 Å². The number of carbonyl (C=O) groups is 1. The molecule has 4 heteroatoms. The molecule has 0 bridgehead atoms. The van der Waals surface area contributed by atoms with Crippen molar-refractivity contribution in [2.24, 2.45) is 0 Å². The van der Waals surface area contributed by atoms with Gasteiger partial charge >= 0.3 is 0 Å². The van der Waals surface area contributed by atoms with Gasteiger partial charge in [0.25, 0.3) is 0 Å². The van der Waals surface area contributed by atoms with E-state index in [0.717, 1.165) is 36.4 Å². The predicted octanol–water partition coefficient (Wildman–Crippen LogP) is 2.16. The molecule has 0 radical (unpaired) electrons. The summed E-state index contributed by atoms with van der Waals surface area (Å²) in [6, 6.07) is 5.98. The molecule has 0 aliphatic carbocycles. The number of nitrogens with zero attached hydrogens (tertiary/aromatic N) is 1. The summed E-state index contributed by atoms with van der Waals surface area (Å²) in [5.74, 6) is 1.08. The number of fused-ring (bicyclic) bond motifs is 1. The van der Waals surface area contributed by atoms with Gasteiger partial charge in [-0.15, -0.1) is 0 Å². The monoisotopic (exact) mass is 277 g/mol. The molecule has 0 fully saturated rings. The maximum absolute atomic E-state index is 12.4. The lowest BCUT2D eigenvalue weighted by molar-refractivity contribution is 0.0788. The Hall–Kier alpha value is -1.39. The second kappa shape index (κ2) is 6.86. The molecule has 1 unspecified atom stereocenters. The Morgan fingerprint density at radius 1 is 1.50 bits per heavy atom. The van der Waals surface area contributed by atoms with E-state index in [4.69, 9.17) is 9.47 Å². The topological polar surface area (TPSA) is 38.8 Å². The summed E-state index contributed by atoms with van der Waals surface area (Å²) in [5.41, 5.74) is 1.92. The van der Waals surface area contributed by atoms with Crippen molar-refractivity contribution in [2.45, 2.75) is 26.3 Å². The molecule has 0 N–H and O–H groups in total. The molecule has 20 heavy (non-hydrogen) atoms. The third-order valence-corrected chi connectivity index (χ3v) is 3.80. The van der Waals surface area contributed by atoms with E-state index >= 15 is 0 Å². The number of methoxy groups -OCH3 is 1. The highest BCUT2D eigenvalue weighted by Crippen LogP contribution is 2.26. The Bertz CT molecular complexity index is 473. The number of benzene rings is 1. The predicted molar refractivity (Wildman–Crippen MR) is 78.6 cm³/mol. The lowest BCUT2D eigenvalue weighted by Gasteiger charge is -2.26. The maximum Gasteiger partial charge on any atom is 0.176 e. The van der Waals surface area contributed by atoms with E-state index in [1.807, 2.05) is 18.2 Å². The van der Waals surface area contributed by atoms with E-state index in [1.54, 1.807) is 7.11 Å². The van der Waals surface area contributed by atoms with Crippen LogP contribution in [0.4, 0.5) is 0 Å². The molecule has 1 aliphatic heterocycles. The molecule has 0 amide bonds. The molecular formula is C16H23NO3. The third kappa shape index (κ3) is 3.38. The summed E-state index contributed by atoms with van der Waals surface area (Å²) in [5, 5.41) is 0. The van der Waals surface area contributed by atoms with Gasteiger partial charge in [-0.3, -0.25) is 9.69 Å². The summed E-state index contributed by atoms with van der Waals surface area (Å²) in [6.45, 7) is 6.77. The Balaban J connectivity index is 2.03. The van der Waals surface area contributed by atoms with Crippen molar-refractivity contribution in [2.75, 3.05) is 33.4 Å². The van der Waals surface area contributed by atoms with Crippen molar-refractivity contribution in [3.8, 4) is 5.75 Å². The molecule has 0 saturated carbocycles. The molecule has 0 spiro atoms. The molecule has 1 aliphatic rings. The summed E-state index contributed by atoms with van der Waals surface area (Å²) in [6.07, 6.45) is 0.897. The molecule has 1 atom stereocenters. The van der Waals surface area contributed by atoms with Gasteiger partial charge in [-0.1, -0.05) is 6.92 Å². The zero-order valence-corrected chi connectivity index (χ0v) is 12.5. The van der Waals surface area contributed by atoms with Gasteiger partial charge in [0.15, 0.2) is 5.78 Å². The third-order valence-electron chi connectivity index (χ3n) is 3.80. The second-order valence-electron chi connectivity index (χ2n) is 5.21. The largest absolute Gasteiger partial charge is 0.493 e. The van der Waals surface area contributed by atoms with E-state index in [2.05, 4.69) is 18.7 Å². The quantitative estimate of drug-likeness (QED) is 0.716. The van der Waals surface area contributed by atoms with E-state index in [-0.39, 0.29) is 11.8 Å². The van der Waals surface area contributed by atoms with Gasteiger partial charge in [-0.2, -0.15) is 0 Å². The summed E-state index contributed by atoms with van der Waals surface area (Å²) in [4.78, 5) is 14.5. The van der Waals surface area contributed by atoms with Crippen LogP contribution in [0.25, 0.3) is 0 Å². The molecule has 1 aromatic rings. The van der Waals surface area contributed by atoms with E-state index < -0.39 is 0 Å². The molecular weight excluding hydrogens is 254 g/mol. The van der Waals surface area contributed by atoms with Gasteiger partial charge in [0.05, 0.1) is 19.8 Å². The van der Waals surface area contributed by atoms with Crippen LogP contribution in [0.5, 0.6) is 5.75 Å². The molecule has 2 rings (SSSR count). The minimum atomic E-state index is 0.157. The molecule has 0 aromatic heterocycles. The fourth-order valence-electron chi connectivity index (χ4n) is 2.56. The number of hydrogen-bond acceptors (Lipinski definition) is 4. The van der Waals surface area contributed by atoms with Crippen molar-refractivity contribution >= 4 is 5.78 Å². The van der Waals surface area contributed by atoms with Crippen LogP contribution in [-0.2, 0) is 11.2 Å². The average molecular weight is 277 g/mol. The van der Waals surface area contributed by atoms with Gasteiger partial charge < -0.3 is 9.47 Å². The van der Waals surface area contributed by atoms with Crippen molar-refractivity contribution in [1.29, 1.82) is 0 Å². The Morgan fingerprint density at radius 3 is 3.00 bits per heavy atom. The van der Waals surface area contributed by atoms with Gasteiger partial charge in [0, 0.05) is 25.1 Å². The Morgan fingerprint density at radius 2 is 2.30 bits per heavy atom. The van der Waals surface area contributed by atoms with Crippen molar-refractivity contribution in [3.63, 3.8) is 0 Å². The van der Waals surface area contributed by atoms with Crippen molar-refractivity contribution < 1.29 is 14.3 Å². The molecule has 0 saturated heterocycles. The first-order valence-electron chi connectivity index (χ1n) is 7.17. The summed E-state index contributed by atoms with van der Waals surface area (Å²) >= 11 is 0. The van der Waals surface area contributed by atoms with Gasteiger partial charge in [-0.05, 0) is 37.2 Å². The molecule has 1 heterocycles. The first kappa shape index (κ1) is 15.0.